The van der Waals surface area contributed by atoms with E-state index in [1.165, 1.54) is 6.92 Å². The zero-order chi connectivity index (χ0) is 11.1. The van der Waals surface area contributed by atoms with Crippen molar-refractivity contribution in [3.05, 3.63) is 0 Å². The lowest BCUT2D eigenvalue weighted by Crippen LogP contribution is -2.34. The summed E-state index contributed by atoms with van der Waals surface area (Å²) in [6.07, 6.45) is -2.26. The van der Waals surface area contributed by atoms with Crippen LogP contribution >= 0.6 is 0 Å². The standard InChI is InChI=1S/C11H21F2N/c1-7(9(12)13)14-6-8-10(2,3)11(8,4)5/h7-9,14H,6H2,1-5H3. The molecule has 0 aromatic rings. The maximum Gasteiger partial charge on any atom is 0.253 e. The van der Waals surface area contributed by atoms with Crippen molar-refractivity contribution in [3.8, 4) is 0 Å². The Morgan fingerprint density at radius 1 is 1.14 bits per heavy atom. The van der Waals surface area contributed by atoms with Crippen LogP contribution in [0, 0.1) is 16.7 Å². The molecule has 1 aliphatic carbocycles. The summed E-state index contributed by atoms with van der Waals surface area (Å²) in [5, 5.41) is 2.91. The van der Waals surface area contributed by atoms with Crippen molar-refractivity contribution in [1.82, 2.24) is 5.32 Å². The molecule has 1 fully saturated rings. The van der Waals surface area contributed by atoms with Gasteiger partial charge in [-0.1, -0.05) is 27.7 Å². The molecule has 0 saturated heterocycles. The van der Waals surface area contributed by atoms with Crippen molar-refractivity contribution >= 4 is 0 Å². The summed E-state index contributed by atoms with van der Waals surface area (Å²) >= 11 is 0. The van der Waals surface area contributed by atoms with E-state index in [1.54, 1.807) is 0 Å². The molecule has 1 atom stereocenters. The van der Waals surface area contributed by atoms with Gasteiger partial charge < -0.3 is 5.32 Å². The largest absolute Gasteiger partial charge is 0.309 e. The van der Waals surface area contributed by atoms with Gasteiger partial charge in [0, 0.05) is 0 Å². The summed E-state index contributed by atoms with van der Waals surface area (Å²) in [4.78, 5) is 0. The number of halogens is 2. The first kappa shape index (κ1) is 11.9. The van der Waals surface area contributed by atoms with Crippen LogP contribution in [0.3, 0.4) is 0 Å². The molecule has 1 saturated carbocycles. The van der Waals surface area contributed by atoms with Gasteiger partial charge in [0.2, 0.25) is 0 Å². The zero-order valence-corrected chi connectivity index (χ0v) is 9.70. The Labute approximate surface area is 85.3 Å². The fourth-order valence-corrected chi connectivity index (χ4v) is 2.24. The molecule has 84 valence electrons. The SMILES string of the molecule is CC(NCC1C(C)(C)C1(C)C)C(F)F. The van der Waals surface area contributed by atoms with Gasteiger partial charge >= 0.3 is 0 Å². The third-order valence-corrected chi connectivity index (χ3v) is 4.34. The maximum atomic E-state index is 12.2. The molecule has 0 radical (unpaired) electrons. The smallest absolute Gasteiger partial charge is 0.253 e. The van der Waals surface area contributed by atoms with Gasteiger partial charge in [0.15, 0.2) is 0 Å². The van der Waals surface area contributed by atoms with Crippen LogP contribution < -0.4 is 5.32 Å². The second-order valence-electron chi connectivity index (χ2n) is 5.53. The predicted molar refractivity (Wildman–Crippen MR) is 54.5 cm³/mol. The Bertz CT molecular complexity index is 197. The van der Waals surface area contributed by atoms with Crippen LogP contribution in [0.5, 0.6) is 0 Å². The summed E-state index contributed by atoms with van der Waals surface area (Å²) < 4.78 is 24.4. The molecule has 0 aromatic heterocycles. The fraction of sp³-hybridized carbons (Fsp3) is 1.00. The average molecular weight is 205 g/mol. The van der Waals surface area contributed by atoms with Crippen molar-refractivity contribution in [2.24, 2.45) is 16.7 Å². The van der Waals surface area contributed by atoms with E-state index in [1.807, 2.05) is 0 Å². The summed E-state index contributed by atoms with van der Waals surface area (Å²) in [5.41, 5.74) is 0.559. The van der Waals surface area contributed by atoms with E-state index >= 15 is 0 Å². The molecule has 1 rings (SSSR count). The maximum absolute atomic E-state index is 12.2. The third kappa shape index (κ3) is 1.79. The van der Waals surface area contributed by atoms with Crippen LogP contribution in [0.1, 0.15) is 34.6 Å². The van der Waals surface area contributed by atoms with Gasteiger partial charge in [0.1, 0.15) is 0 Å². The Hall–Kier alpha value is -0.180. The number of hydrogen-bond donors (Lipinski definition) is 1. The van der Waals surface area contributed by atoms with Gasteiger partial charge in [-0.15, -0.1) is 0 Å². The van der Waals surface area contributed by atoms with Crippen molar-refractivity contribution < 1.29 is 8.78 Å². The van der Waals surface area contributed by atoms with E-state index in [4.69, 9.17) is 0 Å². The Balaban J connectivity index is 2.36. The topological polar surface area (TPSA) is 12.0 Å². The first-order chi connectivity index (χ1) is 6.21. The van der Waals surface area contributed by atoms with Crippen molar-refractivity contribution in [3.63, 3.8) is 0 Å². The molecular weight excluding hydrogens is 184 g/mol. The highest BCUT2D eigenvalue weighted by molar-refractivity contribution is 5.12. The average Bonchev–Trinajstić information content (AvgIpc) is 2.39. The van der Waals surface area contributed by atoms with Crippen molar-refractivity contribution in [2.75, 3.05) is 6.54 Å². The molecule has 0 amide bonds. The van der Waals surface area contributed by atoms with E-state index in [0.717, 1.165) is 0 Å². The second kappa shape index (κ2) is 3.44. The number of nitrogens with one attached hydrogen (secondary N) is 1. The van der Waals surface area contributed by atoms with Crippen LogP contribution in [0.4, 0.5) is 8.78 Å². The second-order valence-corrected chi connectivity index (χ2v) is 5.53. The Kier molecular flexibility index (Phi) is 2.92. The van der Waals surface area contributed by atoms with E-state index in [0.29, 0.717) is 12.5 Å². The van der Waals surface area contributed by atoms with Crippen LogP contribution in [0.2, 0.25) is 0 Å². The monoisotopic (exact) mass is 205 g/mol. The molecule has 0 spiro atoms. The molecular formula is C11H21F2N. The molecule has 1 aliphatic rings. The van der Waals surface area contributed by atoms with Crippen LogP contribution in [-0.2, 0) is 0 Å². The molecule has 0 aromatic carbocycles. The van der Waals surface area contributed by atoms with Gasteiger partial charge in [-0.3, -0.25) is 0 Å². The molecule has 3 heteroatoms. The van der Waals surface area contributed by atoms with Gasteiger partial charge in [-0.05, 0) is 30.2 Å². The molecule has 0 heterocycles. The Morgan fingerprint density at radius 2 is 1.57 bits per heavy atom. The van der Waals surface area contributed by atoms with Gasteiger partial charge in [-0.25, -0.2) is 8.78 Å². The highest BCUT2D eigenvalue weighted by atomic mass is 19.3. The van der Waals surface area contributed by atoms with Crippen molar-refractivity contribution in [2.45, 2.75) is 47.1 Å². The summed E-state index contributed by atoms with van der Waals surface area (Å²) in [6, 6.07) is -0.692. The van der Waals surface area contributed by atoms with E-state index < -0.39 is 12.5 Å². The zero-order valence-electron chi connectivity index (χ0n) is 9.70. The summed E-state index contributed by atoms with van der Waals surface area (Å²) in [6.45, 7) is 11.0. The van der Waals surface area contributed by atoms with E-state index in [9.17, 15) is 8.78 Å². The molecule has 1 N–H and O–H groups in total. The third-order valence-electron chi connectivity index (χ3n) is 4.34. The summed E-state index contributed by atoms with van der Waals surface area (Å²) in [5.74, 6) is 0.510. The lowest BCUT2D eigenvalue weighted by atomic mass is 10.0. The minimum absolute atomic E-state index is 0.280. The van der Waals surface area contributed by atoms with Crippen LogP contribution in [0.15, 0.2) is 0 Å². The molecule has 1 unspecified atom stereocenters. The number of hydrogen-bond acceptors (Lipinski definition) is 1. The molecule has 1 nitrogen and oxygen atoms in total. The van der Waals surface area contributed by atoms with Crippen LogP contribution in [0.25, 0.3) is 0 Å². The predicted octanol–water partition coefficient (Wildman–Crippen LogP) is 2.91. The molecule has 14 heavy (non-hydrogen) atoms. The number of alkyl halides is 2. The quantitative estimate of drug-likeness (QED) is 0.744. The lowest BCUT2D eigenvalue weighted by Gasteiger charge is -2.13. The Morgan fingerprint density at radius 3 is 1.86 bits per heavy atom. The minimum atomic E-state index is -2.26. The fourth-order valence-electron chi connectivity index (χ4n) is 2.24. The first-order valence-corrected chi connectivity index (χ1v) is 5.22. The van der Waals surface area contributed by atoms with Crippen LogP contribution in [-0.4, -0.2) is 19.0 Å². The number of rotatable bonds is 4. The van der Waals surface area contributed by atoms with Gasteiger partial charge in [0.05, 0.1) is 6.04 Å². The highest BCUT2D eigenvalue weighted by Gasteiger charge is 2.63. The van der Waals surface area contributed by atoms with E-state index in [2.05, 4.69) is 33.0 Å². The van der Waals surface area contributed by atoms with Crippen molar-refractivity contribution in [1.29, 1.82) is 0 Å². The van der Waals surface area contributed by atoms with Gasteiger partial charge in [-0.2, -0.15) is 0 Å². The molecule has 0 aliphatic heterocycles. The van der Waals surface area contributed by atoms with Gasteiger partial charge in [0.25, 0.3) is 6.43 Å². The minimum Gasteiger partial charge on any atom is -0.309 e. The first-order valence-electron chi connectivity index (χ1n) is 5.22. The normalized spacial score (nSPS) is 26.6. The summed E-state index contributed by atoms with van der Waals surface area (Å²) in [7, 11) is 0. The molecule has 0 bridgehead atoms. The van der Waals surface area contributed by atoms with E-state index in [-0.39, 0.29) is 10.8 Å². The highest BCUT2D eigenvalue weighted by Crippen LogP contribution is 2.67. The lowest BCUT2D eigenvalue weighted by molar-refractivity contribution is 0.105.